The number of carbonyl (C=O) groups is 1. The van der Waals surface area contributed by atoms with Crippen molar-refractivity contribution < 1.29 is 22.8 Å². The zero-order chi connectivity index (χ0) is 20.1. The number of carbonyl (C=O) groups excluding carboxylic acids is 1. The molecule has 1 heterocycles. The topological polar surface area (TPSA) is 53.9 Å². The average molecular weight is 391 g/mol. The van der Waals surface area contributed by atoms with Crippen LogP contribution in [-0.4, -0.2) is 35.8 Å². The lowest BCUT2D eigenvalue weighted by Gasteiger charge is -2.25. The molecule has 28 heavy (non-hydrogen) atoms. The van der Waals surface area contributed by atoms with Crippen molar-refractivity contribution in [3.05, 3.63) is 71.0 Å². The molecule has 148 valence electrons. The predicted molar refractivity (Wildman–Crippen MR) is 98.3 cm³/mol. The Kier molecular flexibility index (Phi) is 6.18. The number of benzene rings is 2. The van der Waals surface area contributed by atoms with E-state index in [2.05, 4.69) is 10.5 Å². The van der Waals surface area contributed by atoms with E-state index in [1.165, 1.54) is 23.1 Å². The summed E-state index contributed by atoms with van der Waals surface area (Å²) < 4.78 is 40.5. The van der Waals surface area contributed by atoms with Crippen molar-refractivity contribution in [2.45, 2.75) is 26.0 Å². The molecule has 0 saturated heterocycles. The lowest BCUT2D eigenvalue weighted by atomic mass is 10.0. The molecule has 1 atom stereocenters. The molecule has 2 aromatic carbocycles. The van der Waals surface area contributed by atoms with Crippen molar-refractivity contribution >= 4 is 11.7 Å². The highest BCUT2D eigenvalue weighted by atomic mass is 19.1. The minimum Gasteiger partial charge on any atom is -0.390 e. The molecule has 8 heteroatoms. The van der Waals surface area contributed by atoms with Gasteiger partial charge in [-0.2, -0.15) is 0 Å². The fourth-order valence-corrected chi connectivity index (χ4v) is 2.95. The quantitative estimate of drug-likeness (QED) is 0.814. The Bertz CT molecular complexity index is 889. The molecule has 0 radical (unpaired) electrons. The van der Waals surface area contributed by atoms with Gasteiger partial charge in [0.25, 0.3) is 0 Å². The molecule has 0 spiro atoms. The molecule has 1 aliphatic heterocycles. The molecule has 2 amide bonds. The number of oxime groups is 1. The van der Waals surface area contributed by atoms with Crippen LogP contribution in [-0.2, 0) is 11.4 Å². The number of hydrogen-bond donors (Lipinski definition) is 1. The molecule has 1 unspecified atom stereocenters. The first-order valence-corrected chi connectivity index (χ1v) is 8.91. The van der Waals surface area contributed by atoms with Crippen molar-refractivity contribution in [3.63, 3.8) is 0 Å². The summed E-state index contributed by atoms with van der Waals surface area (Å²) in [5.74, 6) is -1.78. The number of halogens is 3. The molecule has 0 fully saturated rings. The van der Waals surface area contributed by atoms with Crippen LogP contribution in [0.3, 0.4) is 0 Å². The highest BCUT2D eigenvalue weighted by Gasteiger charge is 2.27. The Labute approximate surface area is 160 Å². The molecule has 0 bridgehead atoms. The summed E-state index contributed by atoms with van der Waals surface area (Å²) in [5, 5.41) is 6.66. The first-order chi connectivity index (χ1) is 13.5. The normalized spacial score (nSPS) is 15.7. The maximum absolute atomic E-state index is 14.0. The fourth-order valence-electron chi connectivity index (χ4n) is 2.95. The van der Waals surface area contributed by atoms with Crippen LogP contribution in [0.2, 0.25) is 0 Å². The Morgan fingerprint density at radius 2 is 2.00 bits per heavy atom. The molecule has 0 saturated carbocycles. The van der Waals surface area contributed by atoms with Crippen molar-refractivity contribution in [2.24, 2.45) is 5.16 Å². The number of nitrogens with zero attached hydrogens (tertiary/aromatic N) is 2. The molecule has 5 nitrogen and oxygen atoms in total. The zero-order valence-electron chi connectivity index (χ0n) is 15.3. The number of urea groups is 1. The lowest BCUT2D eigenvalue weighted by molar-refractivity contribution is 0.0588. The van der Waals surface area contributed by atoms with E-state index in [1.54, 1.807) is 19.1 Å². The van der Waals surface area contributed by atoms with Gasteiger partial charge in [0, 0.05) is 30.2 Å². The Morgan fingerprint density at radius 1 is 1.21 bits per heavy atom. The van der Waals surface area contributed by atoms with Gasteiger partial charge in [0.15, 0.2) is 6.10 Å². The third kappa shape index (κ3) is 4.82. The summed E-state index contributed by atoms with van der Waals surface area (Å²) in [5.41, 5.74) is 1.38. The second-order valence-corrected chi connectivity index (χ2v) is 6.43. The van der Waals surface area contributed by atoms with Crippen LogP contribution in [0.5, 0.6) is 0 Å². The summed E-state index contributed by atoms with van der Waals surface area (Å²) in [4.78, 5) is 19.2. The van der Waals surface area contributed by atoms with Crippen LogP contribution >= 0.6 is 0 Å². The minimum atomic E-state index is -0.724. The fraction of sp³-hybridized carbons (Fsp3) is 0.300. The summed E-state index contributed by atoms with van der Waals surface area (Å²) in [7, 11) is 0. The Balaban J connectivity index is 1.69. The van der Waals surface area contributed by atoms with E-state index in [1.807, 2.05) is 0 Å². The van der Waals surface area contributed by atoms with Crippen LogP contribution in [0.4, 0.5) is 18.0 Å². The SMILES string of the molecule is CCNC(=O)N(Cc1ccc(F)cc1F)CC1CC(c2cccc(F)c2)=NO1. The van der Waals surface area contributed by atoms with E-state index in [0.29, 0.717) is 24.2 Å². The van der Waals surface area contributed by atoms with E-state index >= 15 is 0 Å². The average Bonchev–Trinajstić information content (AvgIpc) is 3.12. The number of hydrogen-bond acceptors (Lipinski definition) is 3. The van der Waals surface area contributed by atoms with E-state index < -0.39 is 23.8 Å². The minimum absolute atomic E-state index is 0.0485. The molecule has 0 aromatic heterocycles. The number of nitrogens with one attached hydrogen (secondary N) is 1. The zero-order valence-corrected chi connectivity index (χ0v) is 15.3. The van der Waals surface area contributed by atoms with E-state index in [4.69, 9.17) is 4.84 Å². The summed E-state index contributed by atoms with van der Waals surface area (Å²) in [6, 6.07) is 8.84. The van der Waals surface area contributed by atoms with Gasteiger partial charge < -0.3 is 15.1 Å². The molecule has 3 rings (SSSR count). The second kappa shape index (κ2) is 8.77. The lowest BCUT2D eigenvalue weighted by Crippen LogP contribution is -2.43. The molecule has 2 aromatic rings. The van der Waals surface area contributed by atoms with Gasteiger partial charge in [0.1, 0.15) is 17.5 Å². The Morgan fingerprint density at radius 3 is 2.71 bits per heavy atom. The highest BCUT2D eigenvalue weighted by Crippen LogP contribution is 2.20. The van der Waals surface area contributed by atoms with Gasteiger partial charge in [0.05, 0.1) is 18.8 Å². The van der Waals surface area contributed by atoms with Crippen molar-refractivity contribution in [3.8, 4) is 0 Å². The molecular weight excluding hydrogens is 371 g/mol. The monoisotopic (exact) mass is 391 g/mol. The number of rotatable bonds is 6. The standard InChI is InChI=1S/C20H20F3N3O2/c1-2-24-20(27)26(11-14-6-7-16(22)9-18(14)23)12-17-10-19(25-28-17)13-4-3-5-15(21)8-13/h3-9,17H,2,10-12H2,1H3,(H,24,27). The van der Waals surface area contributed by atoms with Gasteiger partial charge in [-0.1, -0.05) is 23.4 Å². The first kappa shape index (κ1) is 19.7. The van der Waals surface area contributed by atoms with Crippen LogP contribution in [0, 0.1) is 17.5 Å². The van der Waals surface area contributed by atoms with Crippen LogP contribution < -0.4 is 5.32 Å². The van der Waals surface area contributed by atoms with Gasteiger partial charge >= 0.3 is 6.03 Å². The number of amides is 2. The molecule has 0 aliphatic carbocycles. The largest absolute Gasteiger partial charge is 0.390 e. The van der Waals surface area contributed by atoms with Gasteiger partial charge in [-0.3, -0.25) is 0 Å². The van der Waals surface area contributed by atoms with Gasteiger partial charge in [0.2, 0.25) is 0 Å². The van der Waals surface area contributed by atoms with Crippen LogP contribution in [0.1, 0.15) is 24.5 Å². The molecule has 1 aliphatic rings. The highest BCUT2D eigenvalue weighted by molar-refractivity contribution is 6.01. The van der Waals surface area contributed by atoms with Gasteiger partial charge in [-0.15, -0.1) is 0 Å². The van der Waals surface area contributed by atoms with Crippen molar-refractivity contribution in [1.29, 1.82) is 0 Å². The van der Waals surface area contributed by atoms with E-state index in [0.717, 1.165) is 12.1 Å². The third-order valence-corrected chi connectivity index (χ3v) is 4.31. The summed E-state index contributed by atoms with van der Waals surface area (Å²) in [6.45, 7) is 2.27. The molecular formula is C20H20F3N3O2. The van der Waals surface area contributed by atoms with Crippen molar-refractivity contribution in [2.75, 3.05) is 13.1 Å². The first-order valence-electron chi connectivity index (χ1n) is 8.91. The maximum atomic E-state index is 14.0. The maximum Gasteiger partial charge on any atom is 0.317 e. The van der Waals surface area contributed by atoms with Crippen LogP contribution in [0.25, 0.3) is 0 Å². The van der Waals surface area contributed by atoms with Crippen molar-refractivity contribution in [1.82, 2.24) is 10.2 Å². The summed E-state index contributed by atoms with van der Waals surface area (Å²) >= 11 is 0. The predicted octanol–water partition coefficient (Wildman–Crippen LogP) is 3.83. The van der Waals surface area contributed by atoms with E-state index in [-0.39, 0.29) is 24.5 Å². The Hall–Kier alpha value is -3.03. The van der Waals surface area contributed by atoms with E-state index in [9.17, 15) is 18.0 Å². The summed E-state index contributed by atoms with van der Waals surface area (Å²) in [6.07, 6.45) is -0.0741. The third-order valence-electron chi connectivity index (χ3n) is 4.31. The van der Waals surface area contributed by atoms with Gasteiger partial charge in [-0.05, 0) is 25.1 Å². The molecule has 1 N–H and O–H groups in total. The second-order valence-electron chi connectivity index (χ2n) is 6.43. The van der Waals surface area contributed by atoms with Gasteiger partial charge in [-0.25, -0.2) is 18.0 Å². The smallest absolute Gasteiger partial charge is 0.317 e. The van der Waals surface area contributed by atoms with Crippen LogP contribution in [0.15, 0.2) is 47.6 Å².